The number of para-hydroxylation sites is 1. The van der Waals surface area contributed by atoms with E-state index in [9.17, 15) is 4.79 Å². The summed E-state index contributed by atoms with van der Waals surface area (Å²) in [6.07, 6.45) is 1.50. The summed E-state index contributed by atoms with van der Waals surface area (Å²) in [6.45, 7) is 1.63. The van der Waals surface area contributed by atoms with Crippen LogP contribution in [0.5, 0.6) is 0 Å². The van der Waals surface area contributed by atoms with Crippen LogP contribution in [-0.4, -0.2) is 22.1 Å². The third kappa shape index (κ3) is 2.23. The van der Waals surface area contributed by atoms with Crippen LogP contribution in [0.25, 0.3) is 16.1 Å². The smallest absolute Gasteiger partial charge is 0.172 e. The van der Waals surface area contributed by atoms with Gasteiger partial charge in [0.05, 0.1) is 29.7 Å². The molecule has 0 bridgehead atoms. The molecule has 0 aliphatic carbocycles. The SMILES string of the molecule is Cc1c(C(=O)CN=[N+]=[N-])cnn1-c1ccccc1. The number of hydrogen-bond donors (Lipinski definition) is 0. The lowest BCUT2D eigenvalue weighted by Crippen LogP contribution is -2.05. The molecule has 0 amide bonds. The summed E-state index contributed by atoms with van der Waals surface area (Å²) in [6, 6.07) is 9.52. The van der Waals surface area contributed by atoms with E-state index in [4.69, 9.17) is 5.53 Å². The summed E-state index contributed by atoms with van der Waals surface area (Å²) in [5.74, 6) is -0.229. The number of carbonyl (C=O) groups excluding carboxylic acids is 1. The molecule has 0 saturated carbocycles. The van der Waals surface area contributed by atoms with Crippen LogP contribution in [0.15, 0.2) is 41.6 Å². The van der Waals surface area contributed by atoms with Gasteiger partial charge in [-0.15, -0.1) is 0 Å². The van der Waals surface area contributed by atoms with Crippen molar-refractivity contribution >= 4 is 5.78 Å². The number of ketones is 1. The van der Waals surface area contributed by atoms with Crippen LogP contribution in [0.1, 0.15) is 16.1 Å². The van der Waals surface area contributed by atoms with E-state index in [1.54, 1.807) is 4.68 Å². The van der Waals surface area contributed by atoms with Gasteiger partial charge in [-0.25, -0.2) is 4.68 Å². The summed E-state index contributed by atoms with van der Waals surface area (Å²) in [5.41, 5.74) is 10.3. The van der Waals surface area contributed by atoms with Gasteiger partial charge in [0, 0.05) is 4.91 Å². The maximum Gasteiger partial charge on any atom is 0.172 e. The van der Waals surface area contributed by atoms with E-state index >= 15 is 0 Å². The summed E-state index contributed by atoms with van der Waals surface area (Å²) >= 11 is 0. The molecule has 0 saturated heterocycles. The highest BCUT2D eigenvalue weighted by atomic mass is 16.1. The Balaban J connectivity index is 2.35. The monoisotopic (exact) mass is 241 g/mol. The number of benzene rings is 1. The molecule has 1 aromatic carbocycles. The molecule has 0 aliphatic heterocycles. The van der Waals surface area contributed by atoms with Crippen LogP contribution in [0.4, 0.5) is 0 Å². The largest absolute Gasteiger partial charge is 0.294 e. The molecule has 0 unspecified atom stereocenters. The number of carbonyl (C=O) groups is 1. The third-order valence-corrected chi connectivity index (χ3v) is 2.59. The minimum Gasteiger partial charge on any atom is -0.294 e. The van der Waals surface area contributed by atoms with Crippen molar-refractivity contribution in [2.45, 2.75) is 6.92 Å². The number of aromatic nitrogens is 2. The van der Waals surface area contributed by atoms with Gasteiger partial charge in [-0.2, -0.15) is 5.10 Å². The number of nitrogens with zero attached hydrogens (tertiary/aromatic N) is 5. The van der Waals surface area contributed by atoms with Crippen LogP contribution >= 0.6 is 0 Å². The zero-order chi connectivity index (χ0) is 13.0. The van der Waals surface area contributed by atoms with Crippen LogP contribution in [-0.2, 0) is 0 Å². The number of hydrogen-bond acceptors (Lipinski definition) is 3. The summed E-state index contributed by atoms with van der Waals surface area (Å²) in [7, 11) is 0. The van der Waals surface area contributed by atoms with Crippen molar-refractivity contribution in [2.75, 3.05) is 6.54 Å². The molecule has 18 heavy (non-hydrogen) atoms. The lowest BCUT2D eigenvalue weighted by Gasteiger charge is -2.04. The molecule has 0 atom stereocenters. The normalized spacial score (nSPS) is 9.83. The van der Waals surface area contributed by atoms with Crippen LogP contribution in [0.3, 0.4) is 0 Å². The Labute approximate surface area is 103 Å². The van der Waals surface area contributed by atoms with E-state index in [2.05, 4.69) is 15.1 Å². The highest BCUT2D eigenvalue weighted by Gasteiger charge is 2.13. The van der Waals surface area contributed by atoms with Gasteiger partial charge in [0.2, 0.25) is 0 Å². The highest BCUT2D eigenvalue weighted by molar-refractivity contribution is 5.98. The Morgan fingerprint density at radius 2 is 2.17 bits per heavy atom. The van der Waals surface area contributed by atoms with Crippen molar-refractivity contribution in [3.8, 4) is 5.69 Å². The first-order valence-electron chi connectivity index (χ1n) is 5.38. The fraction of sp³-hybridized carbons (Fsp3) is 0.167. The van der Waals surface area contributed by atoms with Gasteiger partial charge in [-0.1, -0.05) is 23.3 Å². The van der Waals surface area contributed by atoms with Gasteiger partial charge in [0.1, 0.15) is 0 Å². The van der Waals surface area contributed by atoms with E-state index in [0.717, 1.165) is 11.4 Å². The minimum atomic E-state index is -0.229. The van der Waals surface area contributed by atoms with Crippen LogP contribution < -0.4 is 0 Å². The zero-order valence-electron chi connectivity index (χ0n) is 9.82. The van der Waals surface area contributed by atoms with Crippen molar-refractivity contribution in [1.29, 1.82) is 0 Å². The summed E-state index contributed by atoms with van der Waals surface area (Å²) in [4.78, 5) is 14.3. The quantitative estimate of drug-likeness (QED) is 0.356. The zero-order valence-corrected chi connectivity index (χ0v) is 9.82. The van der Waals surface area contributed by atoms with E-state index in [0.29, 0.717) is 5.56 Å². The van der Waals surface area contributed by atoms with Gasteiger partial charge in [0.25, 0.3) is 0 Å². The van der Waals surface area contributed by atoms with Gasteiger partial charge >= 0.3 is 0 Å². The van der Waals surface area contributed by atoms with E-state index in [1.165, 1.54) is 6.20 Å². The molecule has 0 spiro atoms. The third-order valence-electron chi connectivity index (χ3n) is 2.59. The van der Waals surface area contributed by atoms with E-state index in [1.807, 2.05) is 37.3 Å². The first-order chi connectivity index (χ1) is 8.74. The Bertz CT molecular complexity index is 611. The number of Topliss-reactive ketones (excluding diaryl/α,β-unsaturated/α-hetero) is 1. The lowest BCUT2D eigenvalue weighted by molar-refractivity contribution is 0.100. The van der Waals surface area contributed by atoms with Gasteiger partial charge in [0.15, 0.2) is 5.78 Å². The van der Waals surface area contributed by atoms with Crippen molar-refractivity contribution in [2.24, 2.45) is 5.11 Å². The molecule has 0 N–H and O–H groups in total. The molecular formula is C12H11N5O. The fourth-order valence-corrected chi connectivity index (χ4v) is 1.69. The van der Waals surface area contributed by atoms with Gasteiger partial charge < -0.3 is 0 Å². The van der Waals surface area contributed by atoms with E-state index < -0.39 is 0 Å². The predicted octanol–water partition coefficient (Wildman–Crippen LogP) is 2.67. The van der Waals surface area contributed by atoms with Crippen molar-refractivity contribution in [3.05, 3.63) is 58.2 Å². The van der Waals surface area contributed by atoms with Crippen LogP contribution in [0.2, 0.25) is 0 Å². The molecule has 6 heteroatoms. The predicted molar refractivity (Wildman–Crippen MR) is 66.6 cm³/mol. The molecule has 1 heterocycles. The van der Waals surface area contributed by atoms with Crippen molar-refractivity contribution in [3.63, 3.8) is 0 Å². The number of azide groups is 1. The van der Waals surface area contributed by atoms with E-state index in [-0.39, 0.29) is 12.3 Å². The van der Waals surface area contributed by atoms with Crippen LogP contribution in [0, 0.1) is 6.92 Å². The average molecular weight is 241 g/mol. The Hall–Kier alpha value is -2.59. The number of rotatable bonds is 4. The second kappa shape index (κ2) is 5.16. The summed E-state index contributed by atoms with van der Waals surface area (Å²) < 4.78 is 1.68. The molecule has 2 aromatic rings. The molecule has 2 rings (SSSR count). The minimum absolute atomic E-state index is 0.183. The first kappa shape index (κ1) is 11.9. The molecular weight excluding hydrogens is 230 g/mol. The Morgan fingerprint density at radius 1 is 1.44 bits per heavy atom. The highest BCUT2D eigenvalue weighted by Crippen LogP contribution is 2.14. The molecule has 6 nitrogen and oxygen atoms in total. The van der Waals surface area contributed by atoms with Crippen molar-refractivity contribution < 1.29 is 4.79 Å². The molecule has 1 aromatic heterocycles. The standard InChI is InChI=1S/C12H11N5O/c1-9-11(12(18)8-14-16-13)7-15-17(9)10-5-3-2-4-6-10/h2-7H,8H2,1H3. The maximum absolute atomic E-state index is 11.8. The molecule has 0 aliphatic rings. The van der Waals surface area contributed by atoms with Gasteiger partial charge in [-0.3, -0.25) is 4.79 Å². The fourth-order valence-electron chi connectivity index (χ4n) is 1.69. The molecule has 0 radical (unpaired) electrons. The molecule has 90 valence electrons. The molecule has 0 fully saturated rings. The van der Waals surface area contributed by atoms with Gasteiger partial charge in [-0.05, 0) is 24.6 Å². The first-order valence-corrected chi connectivity index (χ1v) is 5.38. The Kier molecular flexibility index (Phi) is 3.41. The maximum atomic E-state index is 11.8. The lowest BCUT2D eigenvalue weighted by atomic mass is 10.2. The van der Waals surface area contributed by atoms with Crippen molar-refractivity contribution in [1.82, 2.24) is 9.78 Å². The second-order valence-electron chi connectivity index (χ2n) is 3.70. The topological polar surface area (TPSA) is 83.7 Å². The Morgan fingerprint density at radius 3 is 2.83 bits per heavy atom. The second-order valence-corrected chi connectivity index (χ2v) is 3.70. The summed E-state index contributed by atoms with van der Waals surface area (Å²) in [5, 5.41) is 7.44. The average Bonchev–Trinajstić information content (AvgIpc) is 2.79.